The van der Waals surface area contributed by atoms with Crippen LogP contribution in [0.4, 0.5) is 5.95 Å². The fraction of sp³-hybridized carbons (Fsp3) is 0.0870. The molecule has 0 saturated carbocycles. The van der Waals surface area contributed by atoms with E-state index in [1.54, 1.807) is 48.0 Å². The number of imidazole rings is 1. The number of hydrogen-bond donors (Lipinski definition) is 3. The number of carbonyl (C=O) groups is 3. The molecule has 0 spiro atoms. The summed E-state index contributed by atoms with van der Waals surface area (Å²) in [6.45, 7) is 0. The lowest BCUT2D eigenvalue weighted by Gasteiger charge is -2.09. The van der Waals surface area contributed by atoms with Crippen molar-refractivity contribution in [3.05, 3.63) is 77.5 Å². The summed E-state index contributed by atoms with van der Waals surface area (Å²) in [5, 5.41) is 11.9. The molecule has 4 N–H and O–H groups in total. The van der Waals surface area contributed by atoms with Crippen LogP contribution < -0.4 is 15.8 Å². The lowest BCUT2D eigenvalue weighted by molar-refractivity contribution is -0.115. The van der Waals surface area contributed by atoms with Crippen molar-refractivity contribution >= 4 is 34.8 Å². The minimum atomic E-state index is -1.05. The summed E-state index contributed by atoms with van der Waals surface area (Å²) >= 11 is 0. The molecular weight excluding hydrogens is 426 g/mol. The van der Waals surface area contributed by atoms with Gasteiger partial charge in [-0.25, -0.2) is 14.8 Å². The number of pyridine rings is 1. The van der Waals surface area contributed by atoms with Crippen LogP contribution in [-0.2, 0) is 18.3 Å². The fourth-order valence-corrected chi connectivity index (χ4v) is 3.25. The van der Waals surface area contributed by atoms with Crippen LogP contribution >= 0.6 is 0 Å². The van der Waals surface area contributed by atoms with E-state index < -0.39 is 11.9 Å². The van der Waals surface area contributed by atoms with Crippen molar-refractivity contribution in [2.24, 2.45) is 12.8 Å². The van der Waals surface area contributed by atoms with Crippen molar-refractivity contribution in [1.29, 1.82) is 0 Å². The zero-order chi connectivity index (χ0) is 23.5. The number of carbonyl (C=O) groups excluding carboxylic acids is 2. The maximum atomic E-state index is 12.5. The number of carboxylic acids is 1. The van der Waals surface area contributed by atoms with Gasteiger partial charge in [0.25, 0.3) is 5.91 Å². The standard InChI is InChI=1S/C23H19N5O5/c1-28-18-9-6-14(22(31)32)12-17(18)26-23(28)27-19(29)11-13-4-7-15(8-5-13)33-21-16(20(24)30)3-2-10-25-21/h2-10,12H,11H2,1H3,(H2,24,30)(H,31,32)(H,26,27,29). The van der Waals surface area contributed by atoms with Gasteiger partial charge in [0.2, 0.25) is 17.7 Å². The van der Waals surface area contributed by atoms with E-state index in [2.05, 4.69) is 15.3 Å². The van der Waals surface area contributed by atoms with E-state index in [-0.39, 0.29) is 29.3 Å². The van der Waals surface area contributed by atoms with Crippen LogP contribution in [0, 0.1) is 0 Å². The number of nitrogens with one attached hydrogen (secondary N) is 1. The van der Waals surface area contributed by atoms with Crippen molar-refractivity contribution in [3.63, 3.8) is 0 Å². The molecular formula is C23H19N5O5. The number of carboxylic acid groups (broad SMARTS) is 1. The molecule has 0 atom stereocenters. The number of amides is 2. The Kier molecular flexibility index (Phi) is 5.73. The Balaban J connectivity index is 1.44. The van der Waals surface area contributed by atoms with Crippen LogP contribution in [0.15, 0.2) is 60.8 Å². The van der Waals surface area contributed by atoms with Crippen LogP contribution in [0.1, 0.15) is 26.3 Å². The fourth-order valence-electron chi connectivity index (χ4n) is 3.25. The van der Waals surface area contributed by atoms with Gasteiger partial charge in [0.05, 0.1) is 23.0 Å². The predicted molar refractivity (Wildman–Crippen MR) is 119 cm³/mol. The molecule has 2 amide bonds. The molecule has 2 heterocycles. The molecule has 4 rings (SSSR count). The lowest BCUT2D eigenvalue weighted by Crippen LogP contribution is -2.17. The van der Waals surface area contributed by atoms with E-state index in [0.29, 0.717) is 22.7 Å². The number of aryl methyl sites for hydroxylation is 1. The summed E-state index contributed by atoms with van der Waals surface area (Å²) in [4.78, 5) is 43.5. The van der Waals surface area contributed by atoms with Crippen molar-refractivity contribution < 1.29 is 24.2 Å². The number of nitrogens with zero attached hydrogens (tertiary/aromatic N) is 3. The number of aromatic carboxylic acids is 1. The molecule has 10 heteroatoms. The molecule has 2 aromatic carbocycles. The normalized spacial score (nSPS) is 10.7. The maximum Gasteiger partial charge on any atom is 0.335 e. The molecule has 10 nitrogen and oxygen atoms in total. The zero-order valence-electron chi connectivity index (χ0n) is 17.5. The monoisotopic (exact) mass is 445 g/mol. The van der Waals surface area contributed by atoms with Crippen LogP contribution in [-0.4, -0.2) is 37.4 Å². The topological polar surface area (TPSA) is 149 Å². The Labute approximate surface area is 187 Å². The molecule has 4 aromatic rings. The molecule has 33 heavy (non-hydrogen) atoms. The first-order valence-electron chi connectivity index (χ1n) is 9.83. The van der Waals surface area contributed by atoms with E-state index in [1.807, 2.05) is 0 Å². The summed E-state index contributed by atoms with van der Waals surface area (Å²) < 4.78 is 7.31. The smallest absolute Gasteiger partial charge is 0.335 e. The quantitative estimate of drug-likeness (QED) is 0.396. The minimum Gasteiger partial charge on any atom is -0.478 e. The highest BCUT2D eigenvalue weighted by Crippen LogP contribution is 2.24. The van der Waals surface area contributed by atoms with E-state index in [0.717, 1.165) is 5.56 Å². The van der Waals surface area contributed by atoms with Crippen molar-refractivity contribution in [1.82, 2.24) is 14.5 Å². The number of rotatable bonds is 7. The SMILES string of the molecule is Cn1c(NC(=O)Cc2ccc(Oc3ncccc3C(N)=O)cc2)nc2cc(C(=O)O)ccc21. The zero-order valence-corrected chi connectivity index (χ0v) is 17.5. The minimum absolute atomic E-state index is 0.0833. The number of fused-ring (bicyclic) bond motifs is 1. The molecule has 0 fully saturated rings. The molecule has 0 aliphatic rings. The third-order valence-electron chi connectivity index (χ3n) is 4.92. The van der Waals surface area contributed by atoms with Crippen molar-refractivity contribution in [2.75, 3.05) is 5.32 Å². The number of nitrogens with two attached hydrogens (primary N) is 1. The Morgan fingerprint density at radius 2 is 1.88 bits per heavy atom. The maximum absolute atomic E-state index is 12.5. The van der Waals surface area contributed by atoms with Gasteiger partial charge in [-0.3, -0.25) is 14.9 Å². The molecule has 0 unspecified atom stereocenters. The lowest BCUT2D eigenvalue weighted by atomic mass is 10.1. The average Bonchev–Trinajstić information content (AvgIpc) is 3.09. The highest BCUT2D eigenvalue weighted by molar-refractivity contribution is 5.96. The van der Waals surface area contributed by atoms with Crippen LogP contribution in [0.5, 0.6) is 11.6 Å². The average molecular weight is 445 g/mol. The molecule has 0 saturated heterocycles. The third-order valence-corrected chi connectivity index (χ3v) is 4.92. The molecule has 0 radical (unpaired) electrons. The largest absolute Gasteiger partial charge is 0.478 e. The summed E-state index contributed by atoms with van der Waals surface area (Å²) in [5.74, 6) is -1.14. The second-order valence-corrected chi connectivity index (χ2v) is 7.19. The van der Waals surface area contributed by atoms with Crippen LogP contribution in [0.2, 0.25) is 0 Å². The second-order valence-electron chi connectivity index (χ2n) is 7.19. The number of hydrogen-bond acceptors (Lipinski definition) is 6. The van der Waals surface area contributed by atoms with Gasteiger partial charge in [-0.2, -0.15) is 0 Å². The van der Waals surface area contributed by atoms with Crippen molar-refractivity contribution in [3.8, 4) is 11.6 Å². The van der Waals surface area contributed by atoms with E-state index >= 15 is 0 Å². The summed E-state index contributed by atoms with van der Waals surface area (Å²) in [6.07, 6.45) is 1.57. The number of primary amides is 1. The van der Waals surface area contributed by atoms with Gasteiger partial charge in [-0.1, -0.05) is 12.1 Å². The summed E-state index contributed by atoms with van der Waals surface area (Å²) in [5.41, 5.74) is 7.51. The van der Waals surface area contributed by atoms with Crippen LogP contribution in [0.25, 0.3) is 11.0 Å². The van der Waals surface area contributed by atoms with Gasteiger partial charge < -0.3 is 20.1 Å². The van der Waals surface area contributed by atoms with E-state index in [1.165, 1.54) is 24.4 Å². The van der Waals surface area contributed by atoms with Gasteiger partial charge in [0, 0.05) is 13.2 Å². The van der Waals surface area contributed by atoms with E-state index in [9.17, 15) is 14.4 Å². The number of aromatic nitrogens is 3. The van der Waals surface area contributed by atoms with E-state index in [4.69, 9.17) is 15.6 Å². The molecule has 0 aliphatic heterocycles. The van der Waals surface area contributed by atoms with Gasteiger partial charge in [0.15, 0.2) is 0 Å². The van der Waals surface area contributed by atoms with Crippen LogP contribution in [0.3, 0.4) is 0 Å². The number of anilines is 1. The number of benzene rings is 2. The van der Waals surface area contributed by atoms with Gasteiger partial charge in [-0.05, 0) is 48.0 Å². The Bertz CT molecular complexity index is 1380. The Morgan fingerprint density at radius 3 is 2.58 bits per heavy atom. The summed E-state index contributed by atoms with van der Waals surface area (Å²) in [7, 11) is 1.73. The highest BCUT2D eigenvalue weighted by atomic mass is 16.5. The second kappa shape index (κ2) is 8.79. The predicted octanol–water partition coefficient (Wildman–Crippen LogP) is 2.74. The molecule has 2 aromatic heterocycles. The molecule has 0 aliphatic carbocycles. The Hall–Kier alpha value is -4.73. The Morgan fingerprint density at radius 1 is 1.12 bits per heavy atom. The highest BCUT2D eigenvalue weighted by Gasteiger charge is 2.14. The molecule has 166 valence electrons. The van der Waals surface area contributed by atoms with Gasteiger partial charge in [-0.15, -0.1) is 0 Å². The molecule has 0 bridgehead atoms. The first-order chi connectivity index (χ1) is 15.8. The first-order valence-corrected chi connectivity index (χ1v) is 9.83. The third kappa shape index (κ3) is 4.64. The van der Waals surface area contributed by atoms with Gasteiger partial charge >= 0.3 is 5.97 Å². The van der Waals surface area contributed by atoms with Crippen molar-refractivity contribution in [2.45, 2.75) is 6.42 Å². The number of ether oxygens (including phenoxy) is 1. The van der Waals surface area contributed by atoms with Gasteiger partial charge in [0.1, 0.15) is 11.3 Å². The first kappa shape index (κ1) is 21.5. The summed E-state index contributed by atoms with van der Waals surface area (Å²) in [6, 6.07) is 14.4.